The number of rotatable bonds is 18. The molecule has 0 spiro atoms. The van der Waals surface area contributed by atoms with Gasteiger partial charge >= 0.3 is 5.97 Å². The highest BCUT2D eigenvalue weighted by atomic mass is 16.4. The number of nitrogens with one attached hydrogen (secondary N) is 5. The third-order valence-corrected chi connectivity index (χ3v) is 11.0. The van der Waals surface area contributed by atoms with E-state index < -0.39 is 78.1 Å². The standard InChI is InChI=1S/C44H55N7O8/c1-5-26(4)39(50-41(55)34(19-28-15-17-29(52)18-16-28)48-40(54)32(22-45)25(2)3)42(56)49-35-21-31-30-13-9-10-14-33(30)46-37(31)23-51(43(35)57)24-38(53)47-36(44(58)59)20-27-11-7-6-8-12-27/h6-18,25-26,32,34-36,39,46,52H,5,19-24,45H2,1-4H3,(H,47,53)(H,48,54)(H,49,56)(H,50,55)(H,58,59)/t26-,32-,34-,35-,36-,39-/m0/s1. The zero-order valence-corrected chi connectivity index (χ0v) is 33.9. The van der Waals surface area contributed by atoms with Gasteiger partial charge in [-0.1, -0.05) is 94.8 Å². The van der Waals surface area contributed by atoms with Crippen molar-refractivity contribution in [2.24, 2.45) is 23.5 Å². The van der Waals surface area contributed by atoms with E-state index in [1.54, 1.807) is 49.4 Å². The van der Waals surface area contributed by atoms with Crippen LogP contribution in [0.2, 0.25) is 0 Å². The second kappa shape index (κ2) is 20.0. The molecule has 2 heterocycles. The molecule has 0 saturated carbocycles. The van der Waals surface area contributed by atoms with E-state index in [0.29, 0.717) is 23.2 Å². The van der Waals surface area contributed by atoms with E-state index in [9.17, 15) is 39.0 Å². The van der Waals surface area contributed by atoms with Gasteiger partial charge in [0.2, 0.25) is 29.5 Å². The molecule has 1 aliphatic heterocycles. The molecular weight excluding hydrogens is 755 g/mol. The summed E-state index contributed by atoms with van der Waals surface area (Å²) in [6, 6.07) is 17.9. The minimum Gasteiger partial charge on any atom is -0.508 e. The maximum Gasteiger partial charge on any atom is 0.326 e. The molecule has 0 unspecified atom stereocenters. The Labute approximate surface area is 343 Å². The number of carboxylic acids is 1. The van der Waals surface area contributed by atoms with Crippen LogP contribution in [-0.2, 0) is 54.6 Å². The largest absolute Gasteiger partial charge is 0.508 e. The number of carbonyl (C=O) groups is 6. The Morgan fingerprint density at radius 2 is 1.47 bits per heavy atom. The molecule has 5 amide bonds. The molecule has 59 heavy (non-hydrogen) atoms. The number of carboxylic acid groups (broad SMARTS) is 1. The Kier molecular flexibility index (Phi) is 14.9. The predicted octanol–water partition coefficient (Wildman–Crippen LogP) is 2.54. The van der Waals surface area contributed by atoms with Crippen LogP contribution in [0.3, 0.4) is 0 Å². The van der Waals surface area contributed by atoms with Crippen LogP contribution in [0.5, 0.6) is 5.75 Å². The second-order valence-corrected chi connectivity index (χ2v) is 15.6. The highest BCUT2D eigenvalue weighted by Gasteiger charge is 2.38. The smallest absolute Gasteiger partial charge is 0.326 e. The summed E-state index contributed by atoms with van der Waals surface area (Å²) in [4.78, 5) is 86.5. The summed E-state index contributed by atoms with van der Waals surface area (Å²) in [5.41, 5.74) is 9.52. The number of carbonyl (C=O) groups excluding carboxylic acids is 5. The topological polar surface area (TPSA) is 236 Å². The molecule has 3 aromatic carbocycles. The molecule has 15 nitrogen and oxygen atoms in total. The van der Waals surface area contributed by atoms with E-state index >= 15 is 0 Å². The number of nitrogens with two attached hydrogens (primary N) is 1. The van der Waals surface area contributed by atoms with Gasteiger partial charge in [-0.15, -0.1) is 0 Å². The first kappa shape index (κ1) is 43.9. The van der Waals surface area contributed by atoms with Crippen LogP contribution >= 0.6 is 0 Å². The Morgan fingerprint density at radius 3 is 2.12 bits per heavy atom. The lowest BCUT2D eigenvalue weighted by Gasteiger charge is -2.30. The fraction of sp³-hybridized carbons (Fsp3) is 0.409. The Hall–Kier alpha value is -6.22. The van der Waals surface area contributed by atoms with Crippen molar-refractivity contribution in [2.45, 2.75) is 84.1 Å². The molecule has 0 aliphatic carbocycles. The minimum atomic E-state index is -1.25. The number of benzene rings is 3. The van der Waals surface area contributed by atoms with Crippen LogP contribution in [0, 0.1) is 17.8 Å². The first-order valence-corrected chi connectivity index (χ1v) is 20.0. The van der Waals surface area contributed by atoms with Gasteiger partial charge in [-0.05, 0) is 46.7 Å². The fourth-order valence-corrected chi connectivity index (χ4v) is 7.37. The molecule has 6 atom stereocenters. The molecule has 5 rings (SSSR count). The summed E-state index contributed by atoms with van der Waals surface area (Å²) >= 11 is 0. The van der Waals surface area contributed by atoms with Crippen molar-refractivity contribution in [1.82, 2.24) is 31.2 Å². The number of phenols is 1. The van der Waals surface area contributed by atoms with Crippen LogP contribution < -0.4 is 27.0 Å². The van der Waals surface area contributed by atoms with E-state index in [1.807, 2.05) is 45.0 Å². The van der Waals surface area contributed by atoms with Crippen LogP contribution in [0.25, 0.3) is 10.9 Å². The van der Waals surface area contributed by atoms with Gasteiger partial charge in [-0.25, -0.2) is 4.79 Å². The number of phenolic OH excluding ortho intramolecular Hbond substituents is 1. The average Bonchev–Trinajstić information content (AvgIpc) is 3.49. The third kappa shape index (κ3) is 11.3. The highest BCUT2D eigenvalue weighted by molar-refractivity contribution is 5.97. The van der Waals surface area contributed by atoms with Crippen molar-refractivity contribution in [3.05, 3.63) is 101 Å². The summed E-state index contributed by atoms with van der Waals surface area (Å²) < 4.78 is 0. The Bertz CT molecular complexity index is 2120. The maximum atomic E-state index is 14.4. The van der Waals surface area contributed by atoms with Gasteiger partial charge in [0, 0.05) is 42.4 Å². The number of amides is 5. The summed E-state index contributed by atoms with van der Waals surface area (Å²) in [6.45, 7) is 6.94. The number of hydrogen-bond acceptors (Lipinski definition) is 8. The number of hydrogen-bond donors (Lipinski definition) is 8. The SMILES string of the molecule is CC[C@H](C)[C@H](NC(=O)[C@H](Cc1ccc(O)cc1)NC(=O)[C@@H](CN)C(C)C)C(=O)N[C@H]1Cc2c([nH]c3ccccc23)CN(CC(=O)N[C@@H](Cc2ccccc2)C(=O)O)C1=O. The molecule has 1 aromatic heterocycles. The van der Waals surface area contributed by atoms with Crippen LogP contribution in [0.15, 0.2) is 78.9 Å². The number of aromatic amines is 1. The lowest BCUT2D eigenvalue weighted by molar-refractivity contribution is -0.143. The highest BCUT2D eigenvalue weighted by Crippen LogP contribution is 2.28. The molecular formula is C44H55N7O8. The summed E-state index contributed by atoms with van der Waals surface area (Å²) in [7, 11) is 0. The number of para-hydroxylation sites is 1. The number of aromatic hydroxyl groups is 1. The Balaban J connectivity index is 1.39. The number of nitrogens with zero attached hydrogens (tertiary/aromatic N) is 1. The lowest BCUT2D eigenvalue weighted by Crippen LogP contribution is -2.60. The molecule has 1 aliphatic rings. The fourth-order valence-electron chi connectivity index (χ4n) is 7.37. The summed E-state index contributed by atoms with van der Waals surface area (Å²) in [6.07, 6.45) is 0.636. The zero-order valence-electron chi connectivity index (χ0n) is 33.9. The predicted molar refractivity (Wildman–Crippen MR) is 222 cm³/mol. The van der Waals surface area contributed by atoms with Crippen molar-refractivity contribution in [2.75, 3.05) is 13.1 Å². The van der Waals surface area contributed by atoms with Crippen molar-refractivity contribution >= 4 is 46.4 Å². The van der Waals surface area contributed by atoms with E-state index in [0.717, 1.165) is 16.5 Å². The van der Waals surface area contributed by atoms with Crippen LogP contribution in [0.4, 0.5) is 0 Å². The van der Waals surface area contributed by atoms with E-state index in [1.165, 1.54) is 17.0 Å². The maximum absolute atomic E-state index is 14.4. The summed E-state index contributed by atoms with van der Waals surface area (Å²) in [5.74, 6) is -5.21. The average molecular weight is 810 g/mol. The monoisotopic (exact) mass is 809 g/mol. The minimum absolute atomic E-state index is 0.0105. The van der Waals surface area contributed by atoms with Crippen LogP contribution in [-0.4, -0.2) is 92.9 Å². The van der Waals surface area contributed by atoms with Crippen molar-refractivity contribution < 1.29 is 39.0 Å². The van der Waals surface area contributed by atoms with Gasteiger partial charge in [0.25, 0.3) is 0 Å². The quantitative estimate of drug-likeness (QED) is 0.0737. The number of fused-ring (bicyclic) bond motifs is 3. The molecule has 314 valence electrons. The van der Waals surface area contributed by atoms with Gasteiger partial charge in [-0.2, -0.15) is 0 Å². The number of aliphatic carboxylic acids is 1. The number of aromatic nitrogens is 1. The summed E-state index contributed by atoms with van der Waals surface area (Å²) in [5, 5.41) is 31.7. The van der Waals surface area contributed by atoms with Crippen molar-refractivity contribution in [3.8, 4) is 5.75 Å². The molecule has 15 heteroatoms. The zero-order chi connectivity index (χ0) is 42.8. The Morgan fingerprint density at radius 1 is 0.831 bits per heavy atom. The van der Waals surface area contributed by atoms with E-state index in [2.05, 4.69) is 26.3 Å². The molecule has 0 radical (unpaired) electrons. The van der Waals surface area contributed by atoms with Crippen molar-refractivity contribution in [1.29, 1.82) is 0 Å². The van der Waals surface area contributed by atoms with Gasteiger partial charge in [0.15, 0.2) is 0 Å². The normalized spacial score (nSPS) is 16.5. The van der Waals surface area contributed by atoms with Crippen molar-refractivity contribution in [3.63, 3.8) is 0 Å². The van der Waals surface area contributed by atoms with E-state index in [-0.39, 0.29) is 44.0 Å². The van der Waals surface area contributed by atoms with Gasteiger partial charge in [0.1, 0.15) is 36.5 Å². The molecule has 0 fully saturated rings. The van der Waals surface area contributed by atoms with Gasteiger partial charge < -0.3 is 47.1 Å². The number of H-pyrrole nitrogens is 1. The lowest BCUT2D eigenvalue weighted by atomic mass is 9.93. The first-order chi connectivity index (χ1) is 28.2. The third-order valence-electron chi connectivity index (χ3n) is 11.0. The van der Waals surface area contributed by atoms with Gasteiger partial charge in [0.05, 0.1) is 12.5 Å². The molecule has 9 N–H and O–H groups in total. The molecule has 4 aromatic rings. The first-order valence-electron chi connectivity index (χ1n) is 20.0. The second-order valence-electron chi connectivity index (χ2n) is 15.6. The van der Waals surface area contributed by atoms with Crippen LogP contribution in [0.1, 0.15) is 56.5 Å². The molecule has 0 bridgehead atoms. The van der Waals surface area contributed by atoms with Gasteiger partial charge in [-0.3, -0.25) is 24.0 Å². The van der Waals surface area contributed by atoms with E-state index in [4.69, 9.17) is 5.73 Å². The molecule has 0 saturated heterocycles.